The predicted octanol–water partition coefficient (Wildman–Crippen LogP) is 3.21. The molecule has 2 nitrogen and oxygen atoms in total. The molecule has 15 heavy (non-hydrogen) atoms. The number of benzene rings is 1. The summed E-state index contributed by atoms with van der Waals surface area (Å²) in [6.07, 6.45) is 1.21. The van der Waals surface area contributed by atoms with Gasteiger partial charge in [-0.05, 0) is 30.5 Å². The molecule has 0 saturated heterocycles. The highest BCUT2D eigenvalue weighted by atomic mass is 15.1. The van der Waals surface area contributed by atoms with Crippen LogP contribution in [-0.4, -0.2) is 20.6 Å². The Kier molecular flexibility index (Phi) is 4.47. The highest BCUT2D eigenvalue weighted by Gasteiger charge is 1.97. The topological polar surface area (TPSA) is 15.3 Å². The standard InChI is InChI=1S/C13H22N2/c1-11(2)8-9-14-12-6-5-7-13(10-12)15(3)4/h5-7,10-11,14H,8-9H2,1-4H3. The lowest BCUT2D eigenvalue weighted by Gasteiger charge is -2.14. The third-order valence-electron chi connectivity index (χ3n) is 2.41. The zero-order valence-electron chi connectivity index (χ0n) is 10.2. The number of hydrogen-bond donors (Lipinski definition) is 1. The minimum atomic E-state index is 0.759. The van der Waals surface area contributed by atoms with Gasteiger partial charge in [-0.2, -0.15) is 0 Å². The molecule has 0 heterocycles. The number of nitrogens with one attached hydrogen (secondary N) is 1. The zero-order valence-corrected chi connectivity index (χ0v) is 10.2. The third-order valence-corrected chi connectivity index (χ3v) is 2.41. The molecule has 0 aromatic heterocycles. The van der Waals surface area contributed by atoms with Crippen molar-refractivity contribution in [3.05, 3.63) is 24.3 Å². The molecule has 1 N–H and O–H groups in total. The predicted molar refractivity (Wildman–Crippen MR) is 68.7 cm³/mol. The Hall–Kier alpha value is -1.18. The van der Waals surface area contributed by atoms with Crippen LogP contribution in [0.5, 0.6) is 0 Å². The second-order valence-corrected chi connectivity index (χ2v) is 4.55. The maximum atomic E-state index is 3.44. The van der Waals surface area contributed by atoms with Gasteiger partial charge in [0.05, 0.1) is 0 Å². The quantitative estimate of drug-likeness (QED) is 0.796. The van der Waals surface area contributed by atoms with E-state index in [1.165, 1.54) is 17.8 Å². The van der Waals surface area contributed by atoms with Crippen molar-refractivity contribution in [2.75, 3.05) is 30.9 Å². The van der Waals surface area contributed by atoms with E-state index in [9.17, 15) is 0 Å². The Morgan fingerprint density at radius 2 is 2.00 bits per heavy atom. The molecule has 0 atom stereocenters. The summed E-state index contributed by atoms with van der Waals surface area (Å²) in [6.45, 7) is 5.55. The molecule has 0 aliphatic rings. The summed E-state index contributed by atoms with van der Waals surface area (Å²) >= 11 is 0. The first-order valence-corrected chi connectivity index (χ1v) is 5.61. The number of hydrogen-bond acceptors (Lipinski definition) is 2. The van der Waals surface area contributed by atoms with E-state index in [1.807, 2.05) is 0 Å². The van der Waals surface area contributed by atoms with E-state index in [1.54, 1.807) is 0 Å². The Labute approximate surface area is 93.3 Å². The summed E-state index contributed by atoms with van der Waals surface area (Å²) in [5.41, 5.74) is 2.45. The van der Waals surface area contributed by atoms with E-state index in [0.29, 0.717) is 0 Å². The van der Waals surface area contributed by atoms with Crippen molar-refractivity contribution in [3.63, 3.8) is 0 Å². The molecule has 0 aliphatic heterocycles. The first kappa shape index (κ1) is 11.9. The van der Waals surface area contributed by atoms with Gasteiger partial charge in [-0.1, -0.05) is 19.9 Å². The molecule has 0 saturated carbocycles. The van der Waals surface area contributed by atoms with Crippen molar-refractivity contribution in [1.29, 1.82) is 0 Å². The molecule has 0 spiro atoms. The van der Waals surface area contributed by atoms with Crippen LogP contribution in [0.1, 0.15) is 20.3 Å². The van der Waals surface area contributed by atoms with E-state index in [2.05, 4.69) is 62.4 Å². The van der Waals surface area contributed by atoms with Gasteiger partial charge in [-0.3, -0.25) is 0 Å². The van der Waals surface area contributed by atoms with Gasteiger partial charge in [-0.15, -0.1) is 0 Å². The molecule has 1 rings (SSSR count). The number of nitrogens with zero attached hydrogens (tertiary/aromatic N) is 1. The smallest absolute Gasteiger partial charge is 0.0381 e. The summed E-state index contributed by atoms with van der Waals surface area (Å²) < 4.78 is 0. The zero-order chi connectivity index (χ0) is 11.3. The maximum absolute atomic E-state index is 3.44. The van der Waals surface area contributed by atoms with Crippen molar-refractivity contribution in [2.45, 2.75) is 20.3 Å². The first-order chi connectivity index (χ1) is 7.09. The van der Waals surface area contributed by atoms with E-state index < -0.39 is 0 Å². The normalized spacial score (nSPS) is 10.5. The molecule has 0 unspecified atom stereocenters. The van der Waals surface area contributed by atoms with Gasteiger partial charge in [0.15, 0.2) is 0 Å². The Bertz CT molecular complexity index is 292. The van der Waals surface area contributed by atoms with Crippen LogP contribution in [0.4, 0.5) is 11.4 Å². The maximum Gasteiger partial charge on any atom is 0.0381 e. The van der Waals surface area contributed by atoms with Crippen molar-refractivity contribution in [1.82, 2.24) is 0 Å². The number of rotatable bonds is 5. The summed E-state index contributed by atoms with van der Waals surface area (Å²) in [7, 11) is 4.13. The number of anilines is 2. The lowest BCUT2D eigenvalue weighted by molar-refractivity contribution is 0.607. The monoisotopic (exact) mass is 206 g/mol. The van der Waals surface area contributed by atoms with E-state index in [0.717, 1.165) is 12.5 Å². The van der Waals surface area contributed by atoms with E-state index in [-0.39, 0.29) is 0 Å². The SMILES string of the molecule is CC(C)CCNc1cccc(N(C)C)c1. The van der Waals surface area contributed by atoms with E-state index >= 15 is 0 Å². The molecule has 0 fully saturated rings. The highest BCUT2D eigenvalue weighted by molar-refractivity contribution is 5.57. The van der Waals surface area contributed by atoms with Crippen LogP contribution in [0.3, 0.4) is 0 Å². The van der Waals surface area contributed by atoms with Crippen molar-refractivity contribution in [2.24, 2.45) is 5.92 Å². The molecule has 1 aromatic carbocycles. The molecular weight excluding hydrogens is 184 g/mol. The van der Waals surface area contributed by atoms with Crippen LogP contribution in [0.2, 0.25) is 0 Å². The van der Waals surface area contributed by atoms with Gasteiger partial charge in [0.25, 0.3) is 0 Å². The van der Waals surface area contributed by atoms with Crippen LogP contribution in [-0.2, 0) is 0 Å². The van der Waals surface area contributed by atoms with Crippen LogP contribution in [0, 0.1) is 5.92 Å². The van der Waals surface area contributed by atoms with Crippen LogP contribution >= 0.6 is 0 Å². The fraction of sp³-hybridized carbons (Fsp3) is 0.538. The molecule has 1 aromatic rings. The van der Waals surface area contributed by atoms with Crippen LogP contribution in [0.25, 0.3) is 0 Å². The van der Waals surface area contributed by atoms with Gasteiger partial charge < -0.3 is 10.2 Å². The Morgan fingerprint density at radius 3 is 2.60 bits per heavy atom. The summed E-state index contributed by atoms with van der Waals surface area (Å²) in [5, 5.41) is 3.44. The largest absolute Gasteiger partial charge is 0.385 e. The molecular formula is C13H22N2. The fourth-order valence-corrected chi connectivity index (χ4v) is 1.40. The van der Waals surface area contributed by atoms with Gasteiger partial charge >= 0.3 is 0 Å². The first-order valence-electron chi connectivity index (χ1n) is 5.61. The minimum absolute atomic E-state index is 0.759. The second-order valence-electron chi connectivity index (χ2n) is 4.55. The van der Waals surface area contributed by atoms with Crippen molar-refractivity contribution < 1.29 is 0 Å². The molecule has 0 bridgehead atoms. The summed E-state index contributed by atoms with van der Waals surface area (Å²) in [6, 6.07) is 8.51. The average molecular weight is 206 g/mol. The minimum Gasteiger partial charge on any atom is -0.385 e. The second kappa shape index (κ2) is 5.64. The van der Waals surface area contributed by atoms with Gasteiger partial charge in [-0.25, -0.2) is 0 Å². The van der Waals surface area contributed by atoms with Gasteiger partial charge in [0, 0.05) is 32.0 Å². The Balaban J connectivity index is 2.50. The fourth-order valence-electron chi connectivity index (χ4n) is 1.40. The van der Waals surface area contributed by atoms with Gasteiger partial charge in [0.1, 0.15) is 0 Å². The van der Waals surface area contributed by atoms with Gasteiger partial charge in [0.2, 0.25) is 0 Å². The van der Waals surface area contributed by atoms with Crippen LogP contribution in [0.15, 0.2) is 24.3 Å². The molecule has 2 heteroatoms. The van der Waals surface area contributed by atoms with E-state index in [4.69, 9.17) is 0 Å². The average Bonchev–Trinajstić information content (AvgIpc) is 2.17. The molecule has 0 aliphatic carbocycles. The van der Waals surface area contributed by atoms with Crippen molar-refractivity contribution >= 4 is 11.4 Å². The Morgan fingerprint density at radius 1 is 1.27 bits per heavy atom. The summed E-state index contributed by atoms with van der Waals surface area (Å²) in [4.78, 5) is 2.12. The highest BCUT2D eigenvalue weighted by Crippen LogP contribution is 2.17. The lowest BCUT2D eigenvalue weighted by atomic mass is 10.1. The molecule has 0 radical (unpaired) electrons. The molecule has 84 valence electrons. The third kappa shape index (κ3) is 4.24. The van der Waals surface area contributed by atoms with Crippen molar-refractivity contribution in [3.8, 4) is 0 Å². The van der Waals surface area contributed by atoms with Crippen LogP contribution < -0.4 is 10.2 Å². The molecule has 0 amide bonds. The lowest BCUT2D eigenvalue weighted by Crippen LogP contribution is -2.09. The summed E-state index contributed by atoms with van der Waals surface area (Å²) in [5.74, 6) is 0.759.